The summed E-state index contributed by atoms with van der Waals surface area (Å²) in [7, 11) is -4.16. The smallest absolute Gasteiger partial charge is 0.267 e. The quantitative estimate of drug-likeness (QED) is 0.810. The molecule has 18 heavy (non-hydrogen) atoms. The van der Waals surface area contributed by atoms with E-state index in [1.165, 1.54) is 6.92 Å². The molecule has 1 unspecified atom stereocenters. The first-order valence-corrected chi connectivity index (χ1v) is 7.09. The largest absolute Gasteiger partial charge is 0.348 e. The second-order valence-electron chi connectivity index (χ2n) is 4.36. The second-order valence-corrected chi connectivity index (χ2v) is 5.86. The number of rotatable bonds is 4. The molecule has 0 aliphatic carbocycles. The van der Waals surface area contributed by atoms with Gasteiger partial charge in [0, 0.05) is 6.92 Å². The van der Waals surface area contributed by atoms with Crippen molar-refractivity contribution in [1.82, 2.24) is 5.32 Å². The summed E-state index contributed by atoms with van der Waals surface area (Å²) in [6, 6.07) is 4.75. The van der Waals surface area contributed by atoms with Crippen LogP contribution in [-0.2, 0) is 14.9 Å². The zero-order valence-corrected chi connectivity index (χ0v) is 11.4. The molecule has 100 valence electrons. The molecule has 0 radical (unpaired) electrons. The summed E-state index contributed by atoms with van der Waals surface area (Å²) < 4.78 is 30.9. The Balaban J connectivity index is 3.12. The molecular formula is C12H17NO4S. The number of carbonyl (C=O) groups excluding carboxylic acids is 1. The van der Waals surface area contributed by atoms with Gasteiger partial charge in [-0.15, -0.1) is 0 Å². The van der Waals surface area contributed by atoms with E-state index in [0.717, 1.165) is 11.1 Å². The zero-order chi connectivity index (χ0) is 13.9. The predicted octanol–water partition coefficient (Wildman–Crippen LogP) is 1.37. The molecule has 6 heteroatoms. The zero-order valence-electron chi connectivity index (χ0n) is 10.6. The van der Waals surface area contributed by atoms with Gasteiger partial charge in [-0.25, -0.2) is 0 Å². The van der Waals surface area contributed by atoms with Gasteiger partial charge >= 0.3 is 0 Å². The van der Waals surface area contributed by atoms with Crippen LogP contribution in [-0.4, -0.2) is 24.6 Å². The summed E-state index contributed by atoms with van der Waals surface area (Å²) in [5.41, 5.74) is 2.61. The van der Waals surface area contributed by atoms with Gasteiger partial charge in [0.25, 0.3) is 10.1 Å². The Labute approximate surface area is 107 Å². The average molecular weight is 271 g/mol. The summed E-state index contributed by atoms with van der Waals surface area (Å²) in [6.07, 6.45) is 0. The van der Waals surface area contributed by atoms with E-state index in [2.05, 4.69) is 5.32 Å². The van der Waals surface area contributed by atoms with Crippen molar-refractivity contribution < 1.29 is 17.8 Å². The van der Waals surface area contributed by atoms with Gasteiger partial charge in [-0.3, -0.25) is 9.35 Å². The predicted molar refractivity (Wildman–Crippen MR) is 68.9 cm³/mol. The topological polar surface area (TPSA) is 83.5 Å². The Bertz CT molecular complexity index is 551. The highest BCUT2D eigenvalue weighted by Gasteiger charge is 2.21. The van der Waals surface area contributed by atoms with E-state index < -0.39 is 21.9 Å². The first-order chi connectivity index (χ1) is 8.19. The fourth-order valence-corrected chi connectivity index (χ4v) is 2.57. The fourth-order valence-electron chi connectivity index (χ4n) is 1.88. The van der Waals surface area contributed by atoms with Crippen LogP contribution in [0.25, 0.3) is 0 Å². The van der Waals surface area contributed by atoms with E-state index in [-0.39, 0.29) is 5.91 Å². The molecule has 1 rings (SSSR count). The molecule has 0 aliphatic heterocycles. The lowest BCUT2D eigenvalue weighted by molar-refractivity contribution is -0.119. The van der Waals surface area contributed by atoms with Crippen molar-refractivity contribution in [3.8, 4) is 0 Å². The third-order valence-electron chi connectivity index (χ3n) is 2.56. The van der Waals surface area contributed by atoms with Gasteiger partial charge in [0.05, 0.1) is 11.8 Å². The van der Waals surface area contributed by atoms with Crippen molar-refractivity contribution in [2.24, 2.45) is 0 Å². The maximum atomic E-state index is 11.1. The van der Waals surface area contributed by atoms with Crippen molar-refractivity contribution in [1.29, 1.82) is 0 Å². The molecule has 1 aromatic rings. The van der Waals surface area contributed by atoms with Crippen LogP contribution in [0.3, 0.4) is 0 Å². The van der Waals surface area contributed by atoms with Crippen LogP contribution >= 0.6 is 0 Å². The van der Waals surface area contributed by atoms with Gasteiger partial charge < -0.3 is 5.32 Å². The molecular weight excluding hydrogens is 254 g/mol. The van der Waals surface area contributed by atoms with Gasteiger partial charge in [0.1, 0.15) is 0 Å². The van der Waals surface area contributed by atoms with E-state index in [1.807, 2.05) is 26.0 Å². The van der Waals surface area contributed by atoms with E-state index in [1.54, 1.807) is 6.07 Å². The number of hydrogen-bond donors (Lipinski definition) is 2. The first kappa shape index (κ1) is 14.7. The molecule has 2 N–H and O–H groups in total. The van der Waals surface area contributed by atoms with Crippen LogP contribution in [0.4, 0.5) is 0 Å². The van der Waals surface area contributed by atoms with Crippen molar-refractivity contribution in [2.75, 3.05) is 5.75 Å². The number of nitrogens with one attached hydrogen (secondary N) is 1. The average Bonchev–Trinajstić information content (AvgIpc) is 2.12. The van der Waals surface area contributed by atoms with Crippen LogP contribution in [0.2, 0.25) is 0 Å². The molecule has 1 atom stereocenters. The molecule has 0 saturated heterocycles. The Morgan fingerprint density at radius 2 is 2.00 bits per heavy atom. The molecule has 0 saturated carbocycles. The third-order valence-corrected chi connectivity index (χ3v) is 3.31. The molecule has 0 fully saturated rings. The van der Waals surface area contributed by atoms with Crippen molar-refractivity contribution in [3.05, 3.63) is 34.9 Å². The Hall–Kier alpha value is -1.40. The third kappa shape index (κ3) is 4.46. The second kappa shape index (κ2) is 5.49. The highest BCUT2D eigenvalue weighted by atomic mass is 32.2. The summed E-state index contributed by atoms with van der Waals surface area (Å²) in [5, 5.41) is 2.53. The molecule has 0 aromatic heterocycles. The molecule has 1 amide bonds. The minimum atomic E-state index is -4.16. The lowest BCUT2D eigenvalue weighted by Crippen LogP contribution is -2.31. The lowest BCUT2D eigenvalue weighted by Gasteiger charge is -2.19. The summed E-state index contributed by atoms with van der Waals surface area (Å²) >= 11 is 0. The molecule has 0 bridgehead atoms. The van der Waals surface area contributed by atoms with E-state index in [4.69, 9.17) is 4.55 Å². The van der Waals surface area contributed by atoms with Crippen molar-refractivity contribution in [2.45, 2.75) is 26.8 Å². The summed E-state index contributed by atoms with van der Waals surface area (Å²) in [4.78, 5) is 11.1. The number of aryl methyl sites for hydroxylation is 2. The maximum Gasteiger partial charge on any atom is 0.267 e. The lowest BCUT2D eigenvalue weighted by atomic mass is 10.0. The van der Waals surface area contributed by atoms with Crippen LogP contribution in [0, 0.1) is 13.8 Å². The summed E-state index contributed by atoms with van der Waals surface area (Å²) in [6.45, 7) is 5.06. The molecule has 0 spiro atoms. The van der Waals surface area contributed by atoms with Crippen LogP contribution in [0.15, 0.2) is 18.2 Å². The normalized spacial score (nSPS) is 13.1. The van der Waals surface area contributed by atoms with Crippen molar-refractivity contribution >= 4 is 16.0 Å². The fraction of sp³-hybridized carbons (Fsp3) is 0.417. The van der Waals surface area contributed by atoms with E-state index in [9.17, 15) is 13.2 Å². The van der Waals surface area contributed by atoms with Crippen LogP contribution in [0.1, 0.15) is 29.7 Å². The van der Waals surface area contributed by atoms with Crippen LogP contribution in [0.5, 0.6) is 0 Å². The molecule has 1 aromatic carbocycles. The minimum absolute atomic E-state index is 0.344. The standard InChI is InChI=1S/C12H17NO4S/c1-8-4-5-11(9(2)6-8)12(13-10(3)14)7-18(15,16)17/h4-6,12H,7H2,1-3H3,(H,13,14)(H,15,16,17). The van der Waals surface area contributed by atoms with Gasteiger partial charge in [-0.05, 0) is 25.0 Å². The Kier molecular flexibility index (Phi) is 4.48. The van der Waals surface area contributed by atoms with Gasteiger partial charge in [0.2, 0.25) is 5.91 Å². The van der Waals surface area contributed by atoms with Gasteiger partial charge in [0.15, 0.2) is 0 Å². The molecule has 0 heterocycles. The highest BCUT2D eigenvalue weighted by molar-refractivity contribution is 7.85. The Morgan fingerprint density at radius 3 is 2.44 bits per heavy atom. The van der Waals surface area contributed by atoms with E-state index in [0.29, 0.717) is 5.56 Å². The number of carbonyl (C=O) groups is 1. The number of benzene rings is 1. The van der Waals surface area contributed by atoms with Crippen molar-refractivity contribution in [3.63, 3.8) is 0 Å². The van der Waals surface area contributed by atoms with Gasteiger partial charge in [-0.1, -0.05) is 23.8 Å². The highest BCUT2D eigenvalue weighted by Crippen LogP contribution is 2.20. The summed E-state index contributed by atoms with van der Waals surface area (Å²) in [5.74, 6) is -0.875. The van der Waals surface area contributed by atoms with E-state index >= 15 is 0 Å². The number of amides is 1. The number of hydrogen-bond acceptors (Lipinski definition) is 3. The van der Waals surface area contributed by atoms with Crippen LogP contribution < -0.4 is 5.32 Å². The monoisotopic (exact) mass is 271 g/mol. The Morgan fingerprint density at radius 1 is 1.39 bits per heavy atom. The molecule has 5 nitrogen and oxygen atoms in total. The maximum absolute atomic E-state index is 11.1. The van der Waals surface area contributed by atoms with Gasteiger partial charge in [-0.2, -0.15) is 8.42 Å². The SMILES string of the molecule is CC(=O)NC(CS(=O)(=O)O)c1ccc(C)cc1C. The minimum Gasteiger partial charge on any atom is -0.348 e. The molecule has 0 aliphatic rings. The first-order valence-electron chi connectivity index (χ1n) is 5.48.